The number of amides is 1. The van der Waals surface area contributed by atoms with Crippen LogP contribution in [-0.2, 0) is 0 Å². The Kier molecular flexibility index (Phi) is 4.75. The third-order valence-corrected chi connectivity index (χ3v) is 5.54. The number of benzene rings is 2. The maximum atomic E-state index is 12.6. The highest BCUT2D eigenvalue weighted by Crippen LogP contribution is 2.29. The van der Waals surface area contributed by atoms with Crippen LogP contribution in [0.1, 0.15) is 23.2 Å². The van der Waals surface area contributed by atoms with Gasteiger partial charge in [0.15, 0.2) is 0 Å². The number of piperidine rings is 1. The SMILES string of the molecule is COc1ccc(C(=O)N2CCC(Oc3nc4ccccc4s3)CC2)cc1. The van der Waals surface area contributed by atoms with Crippen molar-refractivity contribution in [2.75, 3.05) is 20.2 Å². The van der Waals surface area contributed by atoms with Crippen LogP contribution in [0.15, 0.2) is 48.5 Å². The minimum Gasteiger partial charge on any atom is -0.497 e. The maximum Gasteiger partial charge on any atom is 0.274 e. The van der Waals surface area contributed by atoms with Gasteiger partial charge in [-0.1, -0.05) is 23.5 Å². The summed E-state index contributed by atoms with van der Waals surface area (Å²) in [6, 6.07) is 15.3. The summed E-state index contributed by atoms with van der Waals surface area (Å²) in [5.41, 5.74) is 1.66. The fourth-order valence-corrected chi connectivity index (χ4v) is 4.02. The van der Waals surface area contributed by atoms with Gasteiger partial charge in [-0.2, -0.15) is 0 Å². The van der Waals surface area contributed by atoms with Crippen molar-refractivity contribution >= 4 is 27.5 Å². The van der Waals surface area contributed by atoms with E-state index in [-0.39, 0.29) is 12.0 Å². The number of hydrogen-bond acceptors (Lipinski definition) is 5. The second-order valence-electron chi connectivity index (χ2n) is 6.29. The number of carbonyl (C=O) groups is 1. The molecule has 1 fully saturated rings. The Labute approximate surface area is 156 Å². The van der Waals surface area contributed by atoms with Crippen molar-refractivity contribution in [1.82, 2.24) is 9.88 Å². The Morgan fingerprint density at radius 3 is 2.54 bits per heavy atom. The van der Waals surface area contributed by atoms with Crippen molar-refractivity contribution in [2.45, 2.75) is 18.9 Å². The van der Waals surface area contributed by atoms with Gasteiger partial charge in [-0.05, 0) is 36.4 Å². The van der Waals surface area contributed by atoms with E-state index in [1.807, 2.05) is 47.4 Å². The summed E-state index contributed by atoms with van der Waals surface area (Å²) in [5.74, 6) is 0.815. The Morgan fingerprint density at radius 1 is 1.12 bits per heavy atom. The molecule has 0 aliphatic carbocycles. The second kappa shape index (κ2) is 7.33. The van der Waals surface area contributed by atoms with Crippen molar-refractivity contribution in [2.24, 2.45) is 0 Å². The number of rotatable bonds is 4. The third-order valence-electron chi connectivity index (χ3n) is 4.61. The fourth-order valence-electron chi connectivity index (χ4n) is 3.14. The average molecular weight is 368 g/mol. The van der Waals surface area contributed by atoms with Crippen LogP contribution >= 0.6 is 11.3 Å². The van der Waals surface area contributed by atoms with Crippen molar-refractivity contribution in [1.29, 1.82) is 0 Å². The molecule has 2 heterocycles. The molecule has 0 bridgehead atoms. The molecule has 4 rings (SSSR count). The number of hydrogen-bond donors (Lipinski definition) is 0. The molecular weight excluding hydrogens is 348 g/mol. The first-order valence-corrected chi connectivity index (χ1v) is 9.50. The first-order chi connectivity index (χ1) is 12.7. The summed E-state index contributed by atoms with van der Waals surface area (Å²) in [7, 11) is 1.62. The van der Waals surface area contributed by atoms with Crippen molar-refractivity contribution in [3.63, 3.8) is 0 Å². The molecular formula is C20H20N2O3S. The molecule has 1 aliphatic heterocycles. The van der Waals surface area contributed by atoms with E-state index in [0.29, 0.717) is 23.8 Å². The summed E-state index contributed by atoms with van der Waals surface area (Å²) in [4.78, 5) is 19.0. The number of methoxy groups -OCH3 is 1. The standard InChI is InChI=1S/C20H20N2O3S/c1-24-15-8-6-14(7-9-15)19(23)22-12-10-16(11-13-22)25-20-21-17-4-2-3-5-18(17)26-20/h2-9,16H,10-13H2,1H3. The number of fused-ring (bicyclic) bond motifs is 1. The van der Waals surface area contributed by atoms with Gasteiger partial charge >= 0.3 is 0 Å². The number of thiazole rings is 1. The summed E-state index contributed by atoms with van der Waals surface area (Å²) in [6.45, 7) is 1.39. The molecule has 6 heteroatoms. The van der Waals surface area contributed by atoms with Gasteiger partial charge in [0.25, 0.3) is 11.1 Å². The number of aromatic nitrogens is 1. The Hall–Kier alpha value is -2.60. The molecule has 0 atom stereocenters. The lowest BCUT2D eigenvalue weighted by Gasteiger charge is -2.31. The molecule has 1 aromatic heterocycles. The topological polar surface area (TPSA) is 51.7 Å². The largest absolute Gasteiger partial charge is 0.497 e. The highest BCUT2D eigenvalue weighted by Gasteiger charge is 2.25. The van der Waals surface area contributed by atoms with E-state index < -0.39 is 0 Å². The molecule has 0 N–H and O–H groups in total. The van der Waals surface area contributed by atoms with Crippen molar-refractivity contribution in [3.05, 3.63) is 54.1 Å². The van der Waals surface area contributed by atoms with Crippen LogP contribution in [0, 0.1) is 0 Å². The lowest BCUT2D eigenvalue weighted by molar-refractivity contribution is 0.0595. The lowest BCUT2D eigenvalue weighted by Crippen LogP contribution is -2.41. The Morgan fingerprint density at radius 2 is 1.85 bits per heavy atom. The number of carbonyl (C=O) groups excluding carboxylic acids is 1. The van der Waals surface area contributed by atoms with Gasteiger partial charge in [-0.3, -0.25) is 4.79 Å². The molecule has 134 valence electrons. The third kappa shape index (κ3) is 3.51. The number of ether oxygens (including phenoxy) is 2. The van der Waals surface area contributed by atoms with Crippen LogP contribution in [0.2, 0.25) is 0 Å². The average Bonchev–Trinajstić information content (AvgIpc) is 3.10. The van der Waals surface area contributed by atoms with E-state index in [2.05, 4.69) is 11.1 Å². The van der Waals surface area contributed by atoms with E-state index in [1.165, 1.54) is 0 Å². The quantitative estimate of drug-likeness (QED) is 0.699. The number of likely N-dealkylation sites (tertiary alicyclic amines) is 1. The van der Waals surface area contributed by atoms with Gasteiger partial charge in [0.1, 0.15) is 11.9 Å². The van der Waals surface area contributed by atoms with Crippen LogP contribution in [0.5, 0.6) is 10.9 Å². The normalized spacial score (nSPS) is 15.2. The monoisotopic (exact) mass is 368 g/mol. The summed E-state index contributed by atoms with van der Waals surface area (Å²) in [5, 5.41) is 0.714. The Bertz CT molecular complexity index is 866. The highest BCUT2D eigenvalue weighted by atomic mass is 32.1. The molecule has 1 aliphatic rings. The predicted molar refractivity (Wildman–Crippen MR) is 102 cm³/mol. The first kappa shape index (κ1) is 16.8. The molecule has 0 spiro atoms. The van der Waals surface area contributed by atoms with Crippen molar-refractivity contribution in [3.8, 4) is 10.9 Å². The van der Waals surface area contributed by atoms with Crippen LogP contribution in [0.25, 0.3) is 10.2 Å². The zero-order chi connectivity index (χ0) is 17.9. The van der Waals surface area contributed by atoms with Crippen LogP contribution in [-0.4, -0.2) is 42.1 Å². The molecule has 1 saturated heterocycles. The van der Waals surface area contributed by atoms with Gasteiger partial charge < -0.3 is 14.4 Å². The lowest BCUT2D eigenvalue weighted by atomic mass is 10.1. The van der Waals surface area contributed by atoms with Gasteiger partial charge in [-0.15, -0.1) is 0 Å². The number of para-hydroxylation sites is 1. The zero-order valence-corrected chi connectivity index (χ0v) is 15.4. The molecule has 3 aromatic rings. The smallest absolute Gasteiger partial charge is 0.274 e. The van der Waals surface area contributed by atoms with Gasteiger partial charge in [0.2, 0.25) is 0 Å². The predicted octanol–water partition coefficient (Wildman–Crippen LogP) is 3.99. The van der Waals surface area contributed by atoms with E-state index in [4.69, 9.17) is 9.47 Å². The van der Waals surface area contributed by atoms with E-state index in [9.17, 15) is 4.79 Å². The maximum absolute atomic E-state index is 12.6. The van der Waals surface area contributed by atoms with Crippen molar-refractivity contribution < 1.29 is 14.3 Å². The number of nitrogens with zero attached hydrogens (tertiary/aromatic N) is 2. The second-order valence-corrected chi connectivity index (χ2v) is 7.28. The summed E-state index contributed by atoms with van der Waals surface area (Å²) < 4.78 is 12.3. The van der Waals surface area contributed by atoms with Crippen LogP contribution in [0.3, 0.4) is 0 Å². The highest BCUT2D eigenvalue weighted by molar-refractivity contribution is 7.20. The minimum absolute atomic E-state index is 0.0612. The fraction of sp³-hybridized carbons (Fsp3) is 0.300. The van der Waals surface area contributed by atoms with Crippen LogP contribution in [0.4, 0.5) is 0 Å². The van der Waals surface area contributed by atoms with Crippen LogP contribution < -0.4 is 9.47 Å². The summed E-state index contributed by atoms with van der Waals surface area (Å²) >= 11 is 1.57. The van der Waals surface area contributed by atoms with E-state index in [0.717, 1.165) is 28.8 Å². The first-order valence-electron chi connectivity index (χ1n) is 8.68. The van der Waals surface area contributed by atoms with Gasteiger partial charge in [0, 0.05) is 31.5 Å². The molecule has 2 aromatic carbocycles. The van der Waals surface area contributed by atoms with Gasteiger partial charge in [0.05, 0.1) is 17.3 Å². The van der Waals surface area contributed by atoms with Gasteiger partial charge in [-0.25, -0.2) is 4.98 Å². The molecule has 26 heavy (non-hydrogen) atoms. The van der Waals surface area contributed by atoms with E-state index in [1.54, 1.807) is 18.4 Å². The Balaban J connectivity index is 1.35. The minimum atomic E-state index is 0.0612. The molecule has 0 saturated carbocycles. The summed E-state index contributed by atoms with van der Waals surface area (Å²) in [6.07, 6.45) is 1.74. The molecule has 1 amide bonds. The molecule has 5 nitrogen and oxygen atoms in total. The zero-order valence-electron chi connectivity index (χ0n) is 14.6. The van der Waals surface area contributed by atoms with E-state index >= 15 is 0 Å². The molecule has 0 radical (unpaired) electrons. The molecule has 0 unspecified atom stereocenters.